The van der Waals surface area contributed by atoms with Crippen LogP contribution in [0.4, 0.5) is 0 Å². The number of hydrogen-bond donors (Lipinski definition) is 0. The molecule has 0 amide bonds. The van der Waals surface area contributed by atoms with E-state index >= 15 is 9.13 Å². The lowest BCUT2D eigenvalue weighted by atomic mass is 10.1. The summed E-state index contributed by atoms with van der Waals surface area (Å²) in [7, 11) is -6.34. The van der Waals surface area contributed by atoms with Crippen LogP contribution in [-0.4, -0.2) is 10.8 Å². The average Bonchev–Trinajstić information content (AvgIpc) is 3.80. The summed E-state index contributed by atoms with van der Waals surface area (Å²) in [6, 6.07) is 58.2. The lowest BCUT2D eigenvalue weighted by molar-refractivity contribution is 0.591. The molecule has 2 heterocycles. The Hall–Kier alpha value is -5.53. The third-order valence-corrected chi connectivity index (χ3v) is 15.9. The van der Waals surface area contributed by atoms with Gasteiger partial charge in [-0.15, -0.1) is 0 Å². The van der Waals surface area contributed by atoms with Crippen LogP contribution in [0.3, 0.4) is 0 Å². The smallest absolute Gasteiger partial charge is 0.171 e. The van der Waals surface area contributed by atoms with Gasteiger partial charge in [0.05, 0.1) is 17.6 Å². The molecule has 0 fully saturated rings. The van der Waals surface area contributed by atoms with Crippen LogP contribution in [0.25, 0.3) is 27.5 Å². The summed E-state index contributed by atoms with van der Waals surface area (Å²) in [4.78, 5) is 4.44. The highest BCUT2D eigenvalue weighted by atomic mass is 31.2. The quantitative estimate of drug-likeness (QED) is 0.160. The van der Waals surface area contributed by atoms with Crippen molar-refractivity contribution in [3.63, 3.8) is 0 Å². The van der Waals surface area contributed by atoms with E-state index in [0.717, 1.165) is 70.4 Å². The number of rotatable bonds is 7. The van der Waals surface area contributed by atoms with Crippen molar-refractivity contribution >= 4 is 74.1 Å². The number of benzene rings is 7. The maximum Gasteiger partial charge on any atom is 0.171 e. The number of nitrogens with zero attached hydrogens (tertiary/aromatic N) is 2. The van der Waals surface area contributed by atoms with Gasteiger partial charge in [0.1, 0.15) is 0 Å². The second kappa shape index (κ2) is 12.1. The number of aliphatic imine (C=N–C) groups is 1. The molecule has 1 aliphatic heterocycles. The zero-order valence-electron chi connectivity index (χ0n) is 27.1. The van der Waals surface area contributed by atoms with Gasteiger partial charge in [-0.25, -0.2) is 0 Å². The van der Waals surface area contributed by atoms with Crippen molar-refractivity contribution in [2.45, 2.75) is 6.54 Å². The van der Waals surface area contributed by atoms with Crippen molar-refractivity contribution in [3.8, 4) is 5.69 Å². The Kier molecular flexibility index (Phi) is 7.39. The molecule has 1 unspecified atom stereocenters. The lowest BCUT2D eigenvalue weighted by Crippen LogP contribution is -2.25. The predicted octanol–water partition coefficient (Wildman–Crippen LogP) is 8.00. The highest BCUT2D eigenvalue weighted by Gasteiger charge is 2.32. The largest absolute Gasteiger partial charge is 0.309 e. The molecule has 0 bridgehead atoms. The Morgan fingerprint density at radius 2 is 0.920 bits per heavy atom. The zero-order chi connectivity index (χ0) is 33.7. The summed E-state index contributed by atoms with van der Waals surface area (Å²) in [5, 5.41) is 6.91. The molecule has 8 aromatic rings. The first-order valence-corrected chi connectivity index (χ1v) is 20.1. The van der Waals surface area contributed by atoms with Crippen LogP contribution >= 0.6 is 14.3 Å². The van der Waals surface area contributed by atoms with E-state index in [2.05, 4.69) is 58.1 Å². The first-order chi connectivity index (χ1) is 24.5. The van der Waals surface area contributed by atoms with Crippen molar-refractivity contribution in [3.05, 3.63) is 187 Å². The van der Waals surface area contributed by atoms with Crippen molar-refractivity contribution < 1.29 is 9.13 Å². The summed E-state index contributed by atoms with van der Waals surface area (Å²) in [6.07, 6.45) is 1.89. The molecule has 0 radical (unpaired) electrons. The van der Waals surface area contributed by atoms with Crippen LogP contribution in [0.1, 0.15) is 11.1 Å². The van der Waals surface area contributed by atoms with Crippen LogP contribution in [0.2, 0.25) is 0 Å². The van der Waals surface area contributed by atoms with Crippen LogP contribution in [-0.2, 0) is 15.7 Å². The molecule has 1 aromatic heterocycles. The van der Waals surface area contributed by atoms with Gasteiger partial charge in [-0.05, 0) is 65.7 Å². The fourth-order valence-electron chi connectivity index (χ4n) is 7.35. The molecule has 0 saturated carbocycles. The summed E-state index contributed by atoms with van der Waals surface area (Å²) < 4.78 is 32.8. The van der Waals surface area contributed by atoms with E-state index in [1.807, 2.05) is 134 Å². The van der Waals surface area contributed by atoms with Gasteiger partial charge in [-0.1, -0.05) is 121 Å². The van der Waals surface area contributed by atoms with Gasteiger partial charge in [0.15, 0.2) is 14.3 Å². The minimum Gasteiger partial charge on any atom is -0.309 e. The molecule has 9 rings (SSSR count). The van der Waals surface area contributed by atoms with Crippen molar-refractivity contribution in [2.24, 2.45) is 4.99 Å². The molecule has 0 N–H and O–H groups in total. The van der Waals surface area contributed by atoms with Gasteiger partial charge >= 0.3 is 0 Å². The van der Waals surface area contributed by atoms with Gasteiger partial charge in [-0.3, -0.25) is 4.99 Å². The second-order valence-electron chi connectivity index (χ2n) is 12.6. The molecule has 240 valence electrons. The van der Waals surface area contributed by atoms with Crippen LogP contribution in [0.15, 0.2) is 181 Å². The Bertz CT molecular complexity index is 2620. The number of fused-ring (bicyclic) bond motifs is 4. The summed E-state index contributed by atoms with van der Waals surface area (Å²) in [5.41, 5.74) is 5.21. The molecule has 6 heteroatoms. The van der Waals surface area contributed by atoms with Crippen LogP contribution in [0, 0.1) is 0 Å². The molecule has 0 aliphatic carbocycles. The molecule has 0 spiro atoms. The molecule has 7 aromatic carbocycles. The number of hydrogen-bond acceptors (Lipinski definition) is 3. The van der Waals surface area contributed by atoms with E-state index < -0.39 is 14.3 Å². The van der Waals surface area contributed by atoms with Gasteiger partial charge in [0, 0.05) is 54.5 Å². The van der Waals surface area contributed by atoms with Gasteiger partial charge in [0.2, 0.25) is 0 Å². The normalized spacial score (nSPS) is 13.8. The van der Waals surface area contributed by atoms with E-state index in [9.17, 15) is 0 Å². The fourth-order valence-corrected chi connectivity index (χ4v) is 12.7. The highest BCUT2D eigenvalue weighted by molar-refractivity contribution is 7.85. The maximum absolute atomic E-state index is 15.6. The predicted molar refractivity (Wildman–Crippen MR) is 211 cm³/mol. The lowest BCUT2D eigenvalue weighted by Gasteiger charge is -2.21. The standard InChI is InChI=1S/C44H32N2O2P2/c47-49(35-12-4-1-5-13-35,36-14-6-2-7-15-36)38-24-21-34(22-25-38)46-43-19-11-10-18-41(43)42-29-40(26-27-44(42)46)50(48,37-16-8-3-9-17-37)39-23-20-32-30-45-31-33(32)28-39/h1-30H,31H2. The number of para-hydroxylation sites is 1. The van der Waals surface area contributed by atoms with E-state index in [4.69, 9.17) is 0 Å². The second-order valence-corrected chi connectivity index (χ2v) is 18.2. The maximum atomic E-state index is 15.6. The zero-order valence-corrected chi connectivity index (χ0v) is 28.9. The van der Waals surface area contributed by atoms with E-state index in [0.29, 0.717) is 6.54 Å². The minimum atomic E-state index is -3.23. The molecule has 0 saturated heterocycles. The first-order valence-electron chi connectivity index (χ1n) is 16.7. The summed E-state index contributed by atoms with van der Waals surface area (Å²) >= 11 is 0. The topological polar surface area (TPSA) is 51.4 Å². The Labute approximate surface area is 291 Å². The molecule has 4 nitrogen and oxygen atoms in total. The third kappa shape index (κ3) is 4.79. The van der Waals surface area contributed by atoms with Crippen LogP contribution in [0.5, 0.6) is 0 Å². The van der Waals surface area contributed by atoms with Crippen molar-refractivity contribution in [1.82, 2.24) is 4.57 Å². The van der Waals surface area contributed by atoms with Crippen LogP contribution < -0.4 is 31.8 Å². The fraction of sp³-hybridized carbons (Fsp3) is 0.0227. The van der Waals surface area contributed by atoms with Crippen molar-refractivity contribution in [2.75, 3.05) is 0 Å². The Balaban J connectivity index is 1.20. The highest BCUT2D eigenvalue weighted by Crippen LogP contribution is 2.45. The summed E-state index contributed by atoms with van der Waals surface area (Å²) in [6.45, 7) is 0.607. The SMILES string of the molecule is O=P(c1ccccc1)(c1ccccc1)c1ccc(-n2c3ccccc3c3cc(P(=O)(c4ccccc4)c4ccc5c(c4)CN=C5)ccc32)cc1. The summed E-state index contributed by atoms with van der Waals surface area (Å²) in [5.74, 6) is 0. The van der Waals surface area contributed by atoms with E-state index in [1.165, 1.54) is 0 Å². The van der Waals surface area contributed by atoms with Crippen molar-refractivity contribution in [1.29, 1.82) is 0 Å². The van der Waals surface area contributed by atoms with E-state index in [-0.39, 0.29) is 0 Å². The Morgan fingerprint density at radius 1 is 0.440 bits per heavy atom. The molecule has 50 heavy (non-hydrogen) atoms. The van der Waals surface area contributed by atoms with E-state index in [1.54, 1.807) is 0 Å². The van der Waals surface area contributed by atoms with Gasteiger partial charge in [0.25, 0.3) is 0 Å². The molecule has 1 aliphatic rings. The van der Waals surface area contributed by atoms with Gasteiger partial charge in [-0.2, -0.15) is 0 Å². The minimum absolute atomic E-state index is 0.607. The first kappa shape index (κ1) is 30.5. The Morgan fingerprint density at radius 3 is 1.56 bits per heavy atom. The van der Waals surface area contributed by atoms with Gasteiger partial charge < -0.3 is 13.7 Å². The third-order valence-electron chi connectivity index (χ3n) is 9.83. The molecular weight excluding hydrogens is 650 g/mol. The molecular formula is C44H32N2O2P2. The average molecular weight is 683 g/mol. The monoisotopic (exact) mass is 682 g/mol. The number of aromatic nitrogens is 1. The molecule has 1 atom stereocenters.